The standard InChI is InChI=1S/C28H48N6O6/c1-5-16-29-24(36)15-14-22(28(40)33-17-8-9-18-33)31-26(38)21(11-6-7-13-25(37)32(3)4)30-27(39)23-12-10-19-34(23)20(2)35/h7,13,20-23,35H,5-6,8-12,14-19H2,1-4H3,(H,29,36)(H,30,39)(H,31,38)/b13-7+/t20?,21-,22-,23-/m0/s1. The molecule has 40 heavy (non-hydrogen) atoms. The Hall–Kier alpha value is -2.99. The van der Waals surface area contributed by atoms with Crippen molar-refractivity contribution in [2.24, 2.45) is 0 Å². The fourth-order valence-electron chi connectivity index (χ4n) is 4.97. The lowest BCUT2D eigenvalue weighted by Gasteiger charge is -2.29. The van der Waals surface area contributed by atoms with E-state index < -0.39 is 30.3 Å². The fourth-order valence-corrected chi connectivity index (χ4v) is 4.97. The lowest BCUT2D eigenvalue weighted by Crippen LogP contribution is -2.56. The van der Waals surface area contributed by atoms with Gasteiger partial charge in [-0.3, -0.25) is 28.9 Å². The summed E-state index contributed by atoms with van der Waals surface area (Å²) in [5.41, 5.74) is 0. The molecule has 12 nitrogen and oxygen atoms in total. The van der Waals surface area contributed by atoms with Crippen LogP contribution < -0.4 is 16.0 Å². The third-order valence-electron chi connectivity index (χ3n) is 7.30. The number of aliphatic hydroxyl groups excluding tert-OH is 1. The molecule has 2 aliphatic rings. The average molecular weight is 565 g/mol. The van der Waals surface area contributed by atoms with Crippen molar-refractivity contribution in [2.45, 2.75) is 96.0 Å². The Morgan fingerprint density at radius 3 is 2.33 bits per heavy atom. The second-order valence-corrected chi connectivity index (χ2v) is 10.8. The van der Waals surface area contributed by atoms with Crippen LogP contribution in [0.15, 0.2) is 12.2 Å². The molecule has 2 rings (SSSR count). The van der Waals surface area contributed by atoms with Crippen molar-refractivity contribution in [1.29, 1.82) is 0 Å². The summed E-state index contributed by atoms with van der Waals surface area (Å²) in [6.45, 7) is 5.89. The maximum Gasteiger partial charge on any atom is 0.245 e. The molecular formula is C28H48N6O6. The van der Waals surface area contributed by atoms with Crippen molar-refractivity contribution in [3.05, 3.63) is 12.2 Å². The second kappa shape index (κ2) is 17.0. The molecule has 2 saturated heterocycles. The van der Waals surface area contributed by atoms with E-state index in [9.17, 15) is 29.1 Å². The fraction of sp³-hybridized carbons (Fsp3) is 0.750. The summed E-state index contributed by atoms with van der Waals surface area (Å²) in [5.74, 6) is -1.50. The molecule has 0 aromatic carbocycles. The zero-order valence-electron chi connectivity index (χ0n) is 24.5. The third kappa shape index (κ3) is 10.5. The molecule has 0 aliphatic carbocycles. The van der Waals surface area contributed by atoms with Crippen molar-refractivity contribution in [2.75, 3.05) is 40.3 Å². The van der Waals surface area contributed by atoms with Crippen molar-refractivity contribution >= 4 is 29.5 Å². The van der Waals surface area contributed by atoms with Crippen LogP contribution in [-0.2, 0) is 24.0 Å². The van der Waals surface area contributed by atoms with Gasteiger partial charge in [-0.1, -0.05) is 13.0 Å². The zero-order valence-corrected chi connectivity index (χ0v) is 24.5. The molecule has 2 fully saturated rings. The summed E-state index contributed by atoms with van der Waals surface area (Å²) in [7, 11) is 3.28. The molecule has 1 unspecified atom stereocenters. The van der Waals surface area contributed by atoms with Gasteiger partial charge in [0, 0.05) is 46.7 Å². The molecule has 0 aromatic rings. The molecule has 0 saturated carbocycles. The number of rotatable bonds is 15. The number of aliphatic hydroxyl groups is 1. The molecule has 12 heteroatoms. The van der Waals surface area contributed by atoms with Crippen LogP contribution in [0.3, 0.4) is 0 Å². The minimum atomic E-state index is -0.967. The largest absolute Gasteiger partial charge is 0.379 e. The van der Waals surface area contributed by atoms with Crippen LogP contribution in [0.2, 0.25) is 0 Å². The Morgan fingerprint density at radius 2 is 1.70 bits per heavy atom. The zero-order chi connectivity index (χ0) is 29.7. The van der Waals surface area contributed by atoms with E-state index in [1.165, 1.54) is 11.0 Å². The lowest BCUT2D eigenvalue weighted by molar-refractivity contribution is -0.138. The SMILES string of the molecule is CCCNC(=O)CC[C@H](NC(=O)[C@H](CC/C=C/C(=O)N(C)C)NC(=O)[C@@H]1CCCN1C(C)O)C(=O)N1CCCC1. The van der Waals surface area contributed by atoms with Gasteiger partial charge in [0.05, 0.1) is 6.04 Å². The summed E-state index contributed by atoms with van der Waals surface area (Å²) < 4.78 is 0. The molecule has 4 N–H and O–H groups in total. The summed E-state index contributed by atoms with van der Waals surface area (Å²) in [6.07, 6.45) is 6.93. The van der Waals surface area contributed by atoms with Crippen LogP contribution >= 0.6 is 0 Å². The first-order chi connectivity index (χ1) is 19.0. The Balaban J connectivity index is 2.16. The summed E-state index contributed by atoms with van der Waals surface area (Å²) in [4.78, 5) is 69.0. The molecule has 226 valence electrons. The van der Waals surface area contributed by atoms with Crippen LogP contribution in [0.25, 0.3) is 0 Å². The monoisotopic (exact) mass is 564 g/mol. The van der Waals surface area contributed by atoms with Gasteiger partial charge in [-0.2, -0.15) is 0 Å². The van der Waals surface area contributed by atoms with Gasteiger partial charge in [-0.05, 0) is 64.4 Å². The van der Waals surface area contributed by atoms with Crippen LogP contribution in [0.1, 0.15) is 71.6 Å². The highest BCUT2D eigenvalue weighted by molar-refractivity contribution is 5.93. The van der Waals surface area contributed by atoms with Gasteiger partial charge in [0.2, 0.25) is 29.5 Å². The Bertz CT molecular complexity index is 902. The number of hydrogen-bond donors (Lipinski definition) is 4. The van der Waals surface area contributed by atoms with E-state index in [1.807, 2.05) is 6.92 Å². The van der Waals surface area contributed by atoms with E-state index in [1.54, 1.807) is 36.9 Å². The van der Waals surface area contributed by atoms with Gasteiger partial charge in [0.15, 0.2) is 0 Å². The smallest absolute Gasteiger partial charge is 0.245 e. The number of nitrogens with zero attached hydrogens (tertiary/aromatic N) is 3. The predicted octanol–water partition coefficient (Wildman–Crippen LogP) is 0.112. The predicted molar refractivity (Wildman–Crippen MR) is 151 cm³/mol. The summed E-state index contributed by atoms with van der Waals surface area (Å²) in [6, 6.07) is -2.43. The van der Waals surface area contributed by atoms with Crippen molar-refractivity contribution < 1.29 is 29.1 Å². The normalized spacial score (nSPS) is 19.7. The number of nitrogens with one attached hydrogen (secondary N) is 3. The number of amides is 5. The molecule has 0 radical (unpaired) electrons. The van der Waals surface area contributed by atoms with Gasteiger partial charge >= 0.3 is 0 Å². The molecule has 4 atom stereocenters. The van der Waals surface area contributed by atoms with Crippen molar-refractivity contribution in [3.8, 4) is 0 Å². The van der Waals surface area contributed by atoms with Crippen LogP contribution in [0.4, 0.5) is 0 Å². The van der Waals surface area contributed by atoms with Gasteiger partial charge in [0.25, 0.3) is 0 Å². The van der Waals surface area contributed by atoms with E-state index in [-0.39, 0.29) is 42.9 Å². The highest BCUT2D eigenvalue weighted by atomic mass is 16.3. The van der Waals surface area contributed by atoms with Gasteiger partial charge in [-0.25, -0.2) is 0 Å². The molecule has 2 heterocycles. The van der Waals surface area contributed by atoms with Gasteiger partial charge in [-0.15, -0.1) is 0 Å². The first-order valence-electron chi connectivity index (χ1n) is 14.5. The number of likely N-dealkylation sites (tertiary alicyclic amines) is 2. The maximum absolute atomic E-state index is 13.5. The third-order valence-corrected chi connectivity index (χ3v) is 7.30. The number of allylic oxidation sites excluding steroid dienone is 1. The topological polar surface area (TPSA) is 151 Å². The number of carbonyl (C=O) groups excluding carboxylic acids is 5. The van der Waals surface area contributed by atoms with E-state index in [2.05, 4.69) is 16.0 Å². The van der Waals surface area contributed by atoms with E-state index in [0.717, 1.165) is 25.7 Å². The second-order valence-electron chi connectivity index (χ2n) is 10.8. The Labute approximate surface area is 237 Å². The molecular weight excluding hydrogens is 516 g/mol. The summed E-state index contributed by atoms with van der Waals surface area (Å²) in [5, 5.41) is 18.5. The van der Waals surface area contributed by atoms with E-state index >= 15 is 0 Å². The lowest BCUT2D eigenvalue weighted by atomic mass is 10.1. The quantitative estimate of drug-likeness (QED) is 0.206. The van der Waals surface area contributed by atoms with Crippen molar-refractivity contribution in [1.82, 2.24) is 30.7 Å². The average Bonchev–Trinajstić information content (AvgIpc) is 3.63. The van der Waals surface area contributed by atoms with Crippen molar-refractivity contribution in [3.63, 3.8) is 0 Å². The maximum atomic E-state index is 13.5. The first-order valence-corrected chi connectivity index (χ1v) is 14.5. The van der Waals surface area contributed by atoms with E-state index in [0.29, 0.717) is 39.0 Å². The van der Waals surface area contributed by atoms with Crippen LogP contribution in [-0.4, -0.2) is 114 Å². The molecule has 5 amide bonds. The Morgan fingerprint density at radius 1 is 1.00 bits per heavy atom. The Kier molecular flexibility index (Phi) is 14.1. The highest BCUT2D eigenvalue weighted by Gasteiger charge is 2.36. The van der Waals surface area contributed by atoms with Crippen LogP contribution in [0, 0.1) is 0 Å². The van der Waals surface area contributed by atoms with Gasteiger partial charge in [0.1, 0.15) is 18.3 Å². The summed E-state index contributed by atoms with van der Waals surface area (Å²) >= 11 is 0. The number of carbonyl (C=O) groups is 5. The minimum absolute atomic E-state index is 0.0857. The molecule has 0 spiro atoms. The molecule has 0 aromatic heterocycles. The first kappa shape index (κ1) is 33.2. The number of hydrogen-bond acceptors (Lipinski definition) is 7. The van der Waals surface area contributed by atoms with Crippen LogP contribution in [0.5, 0.6) is 0 Å². The number of likely N-dealkylation sites (N-methyl/N-ethyl adjacent to an activating group) is 1. The molecule has 0 bridgehead atoms. The van der Waals surface area contributed by atoms with Gasteiger partial charge < -0.3 is 30.9 Å². The van der Waals surface area contributed by atoms with E-state index in [4.69, 9.17) is 0 Å². The minimum Gasteiger partial charge on any atom is -0.379 e. The highest BCUT2D eigenvalue weighted by Crippen LogP contribution is 2.20. The molecule has 2 aliphatic heterocycles.